The Morgan fingerprint density at radius 1 is 1.15 bits per heavy atom. The van der Waals surface area contributed by atoms with Crippen molar-refractivity contribution in [3.8, 4) is 0 Å². The van der Waals surface area contributed by atoms with Crippen LogP contribution in [0.5, 0.6) is 0 Å². The summed E-state index contributed by atoms with van der Waals surface area (Å²) in [6.07, 6.45) is 0.0595. The van der Waals surface area contributed by atoms with Gasteiger partial charge in [0.15, 0.2) is 6.04 Å². The number of aliphatic carboxylic acids is 1. The van der Waals surface area contributed by atoms with Crippen LogP contribution in [0.2, 0.25) is 0 Å². The van der Waals surface area contributed by atoms with E-state index in [1.165, 1.54) is 11.3 Å². The summed E-state index contributed by atoms with van der Waals surface area (Å²) in [4.78, 5) is 28.6. The highest BCUT2D eigenvalue weighted by Gasteiger charge is 2.24. The Balaban J connectivity index is 1.76. The van der Waals surface area contributed by atoms with Crippen LogP contribution in [-0.2, 0) is 21.4 Å². The predicted molar refractivity (Wildman–Crippen MR) is 107 cm³/mol. The van der Waals surface area contributed by atoms with E-state index >= 15 is 0 Å². The Kier molecular flexibility index (Phi) is 5.28. The van der Waals surface area contributed by atoms with Crippen molar-refractivity contribution in [1.29, 1.82) is 0 Å². The SMILES string of the molecule is CC(C)(C)c1nc(CC(=O)NC(C(=O)O)c2ccc3ccccc3c2)cs1. The van der Waals surface area contributed by atoms with Crippen LogP contribution in [0, 0.1) is 0 Å². The first-order valence-corrected chi connectivity index (χ1v) is 9.58. The summed E-state index contributed by atoms with van der Waals surface area (Å²) in [6.45, 7) is 6.20. The summed E-state index contributed by atoms with van der Waals surface area (Å²) in [7, 11) is 0. The number of thiazole rings is 1. The van der Waals surface area contributed by atoms with Gasteiger partial charge in [-0.1, -0.05) is 57.2 Å². The average Bonchev–Trinajstić information content (AvgIpc) is 3.08. The number of amides is 1. The number of carboxylic acids is 1. The second-order valence-electron chi connectivity index (χ2n) is 7.52. The van der Waals surface area contributed by atoms with Gasteiger partial charge in [0.1, 0.15) is 0 Å². The lowest BCUT2D eigenvalue weighted by molar-refractivity contribution is -0.142. The molecule has 140 valence electrons. The first-order chi connectivity index (χ1) is 12.7. The minimum Gasteiger partial charge on any atom is -0.479 e. The van der Waals surface area contributed by atoms with Gasteiger partial charge in [-0.2, -0.15) is 0 Å². The minimum atomic E-state index is -1.09. The number of carboxylic acid groups (broad SMARTS) is 1. The molecule has 1 atom stereocenters. The van der Waals surface area contributed by atoms with E-state index < -0.39 is 12.0 Å². The fraction of sp³-hybridized carbons (Fsp3) is 0.286. The Morgan fingerprint density at radius 3 is 2.48 bits per heavy atom. The number of carbonyl (C=O) groups excluding carboxylic acids is 1. The summed E-state index contributed by atoms with van der Waals surface area (Å²) < 4.78 is 0. The van der Waals surface area contributed by atoms with E-state index in [4.69, 9.17) is 0 Å². The van der Waals surface area contributed by atoms with Crippen LogP contribution in [0.25, 0.3) is 10.8 Å². The molecule has 1 amide bonds. The van der Waals surface area contributed by atoms with Crippen molar-refractivity contribution >= 4 is 34.0 Å². The first kappa shape index (κ1) is 19.0. The van der Waals surface area contributed by atoms with Gasteiger partial charge in [0.2, 0.25) is 5.91 Å². The van der Waals surface area contributed by atoms with Crippen molar-refractivity contribution < 1.29 is 14.7 Å². The van der Waals surface area contributed by atoms with Crippen LogP contribution in [0.1, 0.15) is 43.1 Å². The number of hydrogen-bond acceptors (Lipinski definition) is 4. The fourth-order valence-electron chi connectivity index (χ4n) is 2.78. The van der Waals surface area contributed by atoms with Gasteiger partial charge in [0, 0.05) is 10.8 Å². The zero-order valence-electron chi connectivity index (χ0n) is 15.5. The van der Waals surface area contributed by atoms with Crippen molar-refractivity contribution in [2.75, 3.05) is 0 Å². The van der Waals surface area contributed by atoms with Gasteiger partial charge in [-0.05, 0) is 22.4 Å². The van der Waals surface area contributed by atoms with Gasteiger partial charge in [-0.25, -0.2) is 9.78 Å². The molecule has 0 aliphatic rings. The summed E-state index contributed by atoms with van der Waals surface area (Å²) in [6, 6.07) is 12.0. The highest BCUT2D eigenvalue weighted by atomic mass is 32.1. The van der Waals surface area contributed by atoms with E-state index in [1.807, 2.05) is 35.7 Å². The van der Waals surface area contributed by atoms with E-state index in [-0.39, 0.29) is 17.7 Å². The van der Waals surface area contributed by atoms with Crippen molar-refractivity contribution in [1.82, 2.24) is 10.3 Å². The van der Waals surface area contributed by atoms with E-state index in [9.17, 15) is 14.7 Å². The fourth-order valence-corrected chi connectivity index (χ4v) is 3.69. The number of rotatable bonds is 5. The molecular weight excluding hydrogens is 360 g/mol. The molecule has 0 aliphatic heterocycles. The molecule has 0 aliphatic carbocycles. The molecule has 27 heavy (non-hydrogen) atoms. The molecule has 3 rings (SSSR count). The van der Waals surface area contributed by atoms with Crippen molar-refractivity contribution in [2.45, 2.75) is 38.6 Å². The van der Waals surface area contributed by atoms with Gasteiger partial charge >= 0.3 is 5.97 Å². The zero-order chi connectivity index (χ0) is 19.6. The minimum absolute atomic E-state index is 0.0595. The molecular formula is C21H22N2O3S. The van der Waals surface area contributed by atoms with Gasteiger partial charge in [0.05, 0.1) is 17.1 Å². The number of hydrogen-bond donors (Lipinski definition) is 2. The lowest BCUT2D eigenvalue weighted by atomic mass is 9.98. The van der Waals surface area contributed by atoms with Crippen LogP contribution < -0.4 is 5.32 Å². The number of fused-ring (bicyclic) bond motifs is 1. The molecule has 0 fully saturated rings. The second kappa shape index (κ2) is 7.48. The van der Waals surface area contributed by atoms with Crippen LogP contribution in [-0.4, -0.2) is 22.0 Å². The maximum absolute atomic E-state index is 12.4. The number of carbonyl (C=O) groups is 2. The molecule has 2 N–H and O–H groups in total. The number of nitrogens with one attached hydrogen (secondary N) is 1. The molecule has 1 aromatic heterocycles. The number of benzene rings is 2. The van der Waals surface area contributed by atoms with Gasteiger partial charge in [-0.15, -0.1) is 11.3 Å². The Hall–Kier alpha value is -2.73. The second-order valence-corrected chi connectivity index (χ2v) is 8.37. The maximum atomic E-state index is 12.4. The molecule has 6 heteroatoms. The molecule has 0 bridgehead atoms. The molecule has 2 aromatic carbocycles. The highest BCUT2D eigenvalue weighted by Crippen LogP contribution is 2.26. The molecule has 0 saturated heterocycles. The highest BCUT2D eigenvalue weighted by molar-refractivity contribution is 7.09. The van der Waals surface area contributed by atoms with Crippen molar-refractivity contribution in [3.05, 3.63) is 64.1 Å². The normalized spacial score (nSPS) is 12.7. The van der Waals surface area contributed by atoms with E-state index in [2.05, 4.69) is 31.1 Å². The Bertz CT molecular complexity index is 988. The summed E-state index contributed by atoms with van der Waals surface area (Å²) in [5, 5.41) is 17.0. The lowest BCUT2D eigenvalue weighted by Crippen LogP contribution is -2.34. The number of nitrogens with zero attached hydrogens (tertiary/aromatic N) is 1. The van der Waals surface area contributed by atoms with Crippen LogP contribution in [0.4, 0.5) is 0 Å². The Morgan fingerprint density at radius 2 is 1.85 bits per heavy atom. The average molecular weight is 382 g/mol. The molecule has 3 aromatic rings. The third kappa shape index (κ3) is 4.52. The first-order valence-electron chi connectivity index (χ1n) is 8.70. The molecule has 0 spiro atoms. The van der Waals surface area contributed by atoms with Crippen molar-refractivity contribution in [3.63, 3.8) is 0 Å². The van der Waals surface area contributed by atoms with E-state index in [1.54, 1.807) is 12.1 Å². The molecule has 1 heterocycles. The Labute approximate surface area is 162 Å². The van der Waals surface area contributed by atoms with Gasteiger partial charge < -0.3 is 10.4 Å². The molecule has 5 nitrogen and oxygen atoms in total. The summed E-state index contributed by atoms with van der Waals surface area (Å²) in [5.41, 5.74) is 1.13. The zero-order valence-corrected chi connectivity index (χ0v) is 16.3. The third-order valence-corrected chi connectivity index (χ3v) is 5.51. The van der Waals surface area contributed by atoms with Crippen LogP contribution in [0.15, 0.2) is 47.8 Å². The van der Waals surface area contributed by atoms with Gasteiger partial charge in [0.25, 0.3) is 0 Å². The maximum Gasteiger partial charge on any atom is 0.330 e. The summed E-state index contributed by atoms with van der Waals surface area (Å²) >= 11 is 1.51. The monoisotopic (exact) mass is 382 g/mol. The van der Waals surface area contributed by atoms with Crippen LogP contribution in [0.3, 0.4) is 0 Å². The van der Waals surface area contributed by atoms with Crippen LogP contribution >= 0.6 is 11.3 Å². The van der Waals surface area contributed by atoms with E-state index in [0.29, 0.717) is 11.3 Å². The quantitative estimate of drug-likeness (QED) is 0.697. The molecule has 1 unspecified atom stereocenters. The predicted octanol–water partition coefficient (Wildman–Crippen LogP) is 4.08. The third-order valence-electron chi connectivity index (χ3n) is 4.19. The smallest absolute Gasteiger partial charge is 0.330 e. The largest absolute Gasteiger partial charge is 0.479 e. The lowest BCUT2D eigenvalue weighted by Gasteiger charge is -2.15. The molecule has 0 saturated carbocycles. The molecule has 0 radical (unpaired) electrons. The topological polar surface area (TPSA) is 79.3 Å². The van der Waals surface area contributed by atoms with Crippen molar-refractivity contribution in [2.24, 2.45) is 0 Å². The van der Waals surface area contributed by atoms with Gasteiger partial charge in [-0.3, -0.25) is 4.79 Å². The standard InChI is InChI=1S/C21H22N2O3S/c1-21(2,3)20-22-16(12-27-20)11-17(24)23-18(19(25)26)15-9-8-13-6-4-5-7-14(13)10-15/h4-10,12,18H,11H2,1-3H3,(H,23,24)(H,25,26). The van der Waals surface area contributed by atoms with E-state index in [0.717, 1.165) is 15.8 Å². The number of aromatic nitrogens is 1. The summed E-state index contributed by atoms with van der Waals surface area (Å²) in [5.74, 6) is -1.45.